The predicted octanol–water partition coefficient (Wildman–Crippen LogP) is 3.55. The third kappa shape index (κ3) is 4.34. The van der Waals surface area contributed by atoms with Crippen LogP contribution in [-0.2, 0) is 6.42 Å². The Morgan fingerprint density at radius 3 is 2.50 bits per heavy atom. The molecule has 1 aliphatic rings. The molecule has 100 valence electrons. The standard InChI is InChI=1S/C16H25NO/c1-2-3-4-5-14-6-8-15(9-7-14)18-16-10-12-17-13-11-16/h6-9,16-17H,2-5,10-13H2,1H3. The summed E-state index contributed by atoms with van der Waals surface area (Å²) in [4.78, 5) is 0. The highest BCUT2D eigenvalue weighted by Crippen LogP contribution is 2.18. The van der Waals surface area contributed by atoms with E-state index in [2.05, 4.69) is 36.5 Å². The van der Waals surface area contributed by atoms with Gasteiger partial charge in [-0.25, -0.2) is 0 Å². The molecule has 1 saturated heterocycles. The molecular weight excluding hydrogens is 222 g/mol. The Morgan fingerprint density at radius 2 is 1.83 bits per heavy atom. The molecular formula is C16H25NO. The first-order valence-corrected chi connectivity index (χ1v) is 7.35. The molecule has 1 aromatic carbocycles. The third-order valence-electron chi connectivity index (χ3n) is 3.58. The largest absolute Gasteiger partial charge is 0.490 e. The Morgan fingerprint density at radius 1 is 1.11 bits per heavy atom. The molecule has 1 N–H and O–H groups in total. The van der Waals surface area contributed by atoms with E-state index in [1.807, 2.05) is 0 Å². The smallest absolute Gasteiger partial charge is 0.119 e. The number of aryl methyl sites for hydroxylation is 1. The first-order chi connectivity index (χ1) is 8.88. The number of hydrogen-bond donors (Lipinski definition) is 1. The molecule has 2 heteroatoms. The summed E-state index contributed by atoms with van der Waals surface area (Å²) < 4.78 is 6.00. The fourth-order valence-electron chi connectivity index (χ4n) is 2.42. The topological polar surface area (TPSA) is 21.3 Å². The van der Waals surface area contributed by atoms with Gasteiger partial charge >= 0.3 is 0 Å². The van der Waals surface area contributed by atoms with Crippen LogP contribution in [0, 0.1) is 0 Å². The van der Waals surface area contributed by atoms with Crippen LogP contribution in [0.4, 0.5) is 0 Å². The highest BCUT2D eigenvalue weighted by Gasteiger charge is 2.13. The van der Waals surface area contributed by atoms with Crippen molar-refractivity contribution < 1.29 is 4.74 Å². The average Bonchev–Trinajstić information content (AvgIpc) is 2.42. The van der Waals surface area contributed by atoms with Crippen LogP contribution in [0.25, 0.3) is 0 Å². The highest BCUT2D eigenvalue weighted by atomic mass is 16.5. The first kappa shape index (κ1) is 13.4. The number of rotatable bonds is 6. The van der Waals surface area contributed by atoms with Crippen molar-refractivity contribution >= 4 is 0 Å². The summed E-state index contributed by atoms with van der Waals surface area (Å²) in [7, 11) is 0. The van der Waals surface area contributed by atoms with Crippen LogP contribution in [0.3, 0.4) is 0 Å². The van der Waals surface area contributed by atoms with Crippen LogP contribution in [0.1, 0.15) is 44.6 Å². The van der Waals surface area contributed by atoms with Crippen molar-refractivity contribution in [3.8, 4) is 5.75 Å². The van der Waals surface area contributed by atoms with Gasteiger partial charge in [0.2, 0.25) is 0 Å². The van der Waals surface area contributed by atoms with E-state index < -0.39 is 0 Å². The van der Waals surface area contributed by atoms with Crippen LogP contribution in [0.15, 0.2) is 24.3 Å². The Labute approximate surface area is 111 Å². The molecule has 0 spiro atoms. The summed E-state index contributed by atoms with van der Waals surface area (Å²) in [6.45, 7) is 4.41. The van der Waals surface area contributed by atoms with E-state index in [9.17, 15) is 0 Å². The fourth-order valence-corrected chi connectivity index (χ4v) is 2.42. The molecule has 18 heavy (non-hydrogen) atoms. The lowest BCUT2D eigenvalue weighted by Crippen LogP contribution is -2.34. The lowest BCUT2D eigenvalue weighted by atomic mass is 10.1. The molecule has 2 rings (SSSR count). The lowest BCUT2D eigenvalue weighted by Gasteiger charge is -2.23. The second-order valence-electron chi connectivity index (χ2n) is 5.17. The summed E-state index contributed by atoms with van der Waals surface area (Å²) in [5, 5.41) is 3.36. The molecule has 0 amide bonds. The molecule has 0 saturated carbocycles. The van der Waals surface area contributed by atoms with Gasteiger partial charge in [-0.15, -0.1) is 0 Å². The minimum Gasteiger partial charge on any atom is -0.490 e. The van der Waals surface area contributed by atoms with Crippen molar-refractivity contribution in [3.63, 3.8) is 0 Å². The Balaban J connectivity index is 1.79. The van der Waals surface area contributed by atoms with Gasteiger partial charge in [-0.2, -0.15) is 0 Å². The zero-order chi connectivity index (χ0) is 12.6. The van der Waals surface area contributed by atoms with Gasteiger partial charge < -0.3 is 10.1 Å². The van der Waals surface area contributed by atoms with Gasteiger partial charge in [0.15, 0.2) is 0 Å². The maximum atomic E-state index is 6.00. The van der Waals surface area contributed by atoms with Gasteiger partial charge in [-0.3, -0.25) is 0 Å². The second kappa shape index (κ2) is 7.42. The molecule has 1 aliphatic heterocycles. The minimum absolute atomic E-state index is 0.400. The molecule has 1 fully saturated rings. The van der Waals surface area contributed by atoms with E-state index in [-0.39, 0.29) is 0 Å². The maximum Gasteiger partial charge on any atom is 0.119 e. The van der Waals surface area contributed by atoms with Gasteiger partial charge in [0.05, 0.1) is 0 Å². The van der Waals surface area contributed by atoms with Crippen molar-refractivity contribution in [1.29, 1.82) is 0 Å². The summed E-state index contributed by atoms with van der Waals surface area (Å²) in [5.74, 6) is 1.03. The molecule has 0 radical (unpaired) electrons. The van der Waals surface area contributed by atoms with Gasteiger partial charge in [0.25, 0.3) is 0 Å². The zero-order valence-corrected chi connectivity index (χ0v) is 11.5. The van der Waals surface area contributed by atoms with Gasteiger partial charge in [-0.1, -0.05) is 31.9 Å². The molecule has 1 heterocycles. The Hall–Kier alpha value is -1.02. The second-order valence-corrected chi connectivity index (χ2v) is 5.17. The van der Waals surface area contributed by atoms with Crippen LogP contribution in [-0.4, -0.2) is 19.2 Å². The lowest BCUT2D eigenvalue weighted by molar-refractivity contribution is 0.162. The van der Waals surface area contributed by atoms with Crippen molar-refractivity contribution in [1.82, 2.24) is 5.32 Å². The van der Waals surface area contributed by atoms with Crippen LogP contribution in [0.2, 0.25) is 0 Å². The molecule has 0 aromatic heterocycles. The molecule has 0 bridgehead atoms. The van der Waals surface area contributed by atoms with Crippen LogP contribution < -0.4 is 10.1 Å². The average molecular weight is 247 g/mol. The van der Waals surface area contributed by atoms with Crippen molar-refractivity contribution in [2.45, 2.75) is 51.6 Å². The fraction of sp³-hybridized carbons (Fsp3) is 0.625. The summed E-state index contributed by atoms with van der Waals surface area (Å²) >= 11 is 0. The van der Waals surface area contributed by atoms with Crippen molar-refractivity contribution in [2.75, 3.05) is 13.1 Å². The number of unbranched alkanes of at least 4 members (excludes halogenated alkanes) is 2. The number of piperidine rings is 1. The summed E-state index contributed by atoms with van der Waals surface area (Å²) in [5.41, 5.74) is 1.43. The minimum atomic E-state index is 0.400. The number of nitrogens with one attached hydrogen (secondary N) is 1. The van der Waals surface area contributed by atoms with Gasteiger partial charge in [0, 0.05) is 0 Å². The van der Waals surface area contributed by atoms with E-state index >= 15 is 0 Å². The van der Waals surface area contributed by atoms with Crippen molar-refractivity contribution in [2.24, 2.45) is 0 Å². The normalized spacial score (nSPS) is 16.7. The van der Waals surface area contributed by atoms with E-state index in [1.165, 1.54) is 31.2 Å². The summed E-state index contributed by atoms with van der Waals surface area (Å²) in [6, 6.07) is 8.69. The predicted molar refractivity (Wildman–Crippen MR) is 76.2 cm³/mol. The number of benzene rings is 1. The van der Waals surface area contributed by atoms with Crippen molar-refractivity contribution in [3.05, 3.63) is 29.8 Å². The summed E-state index contributed by atoms with van der Waals surface area (Å²) in [6.07, 6.45) is 7.75. The first-order valence-electron chi connectivity index (χ1n) is 7.35. The van der Waals surface area contributed by atoms with Gasteiger partial charge in [-0.05, 0) is 56.5 Å². The van der Waals surface area contributed by atoms with Gasteiger partial charge in [0.1, 0.15) is 11.9 Å². The maximum absolute atomic E-state index is 6.00. The van der Waals surface area contributed by atoms with E-state index in [0.717, 1.165) is 31.7 Å². The Kier molecular flexibility index (Phi) is 5.53. The molecule has 0 unspecified atom stereocenters. The van der Waals surface area contributed by atoms with Crippen LogP contribution in [0.5, 0.6) is 5.75 Å². The van der Waals surface area contributed by atoms with E-state index in [1.54, 1.807) is 0 Å². The Bertz CT molecular complexity index is 327. The highest BCUT2D eigenvalue weighted by molar-refractivity contribution is 5.27. The molecule has 0 atom stereocenters. The molecule has 1 aromatic rings. The van der Waals surface area contributed by atoms with E-state index in [0.29, 0.717) is 6.10 Å². The SMILES string of the molecule is CCCCCc1ccc(OC2CCNCC2)cc1. The van der Waals surface area contributed by atoms with E-state index in [4.69, 9.17) is 4.74 Å². The quantitative estimate of drug-likeness (QED) is 0.776. The zero-order valence-electron chi connectivity index (χ0n) is 11.5. The third-order valence-corrected chi connectivity index (χ3v) is 3.58. The monoisotopic (exact) mass is 247 g/mol. The molecule has 0 aliphatic carbocycles. The number of ether oxygens (including phenoxy) is 1. The van der Waals surface area contributed by atoms with Crippen LogP contribution >= 0.6 is 0 Å². The molecule has 2 nitrogen and oxygen atoms in total. The number of hydrogen-bond acceptors (Lipinski definition) is 2.